The van der Waals surface area contributed by atoms with Crippen LogP contribution in [-0.2, 0) is 6.18 Å². The largest absolute Gasteiger partial charge is 0.416 e. The Morgan fingerprint density at radius 1 is 0.762 bits per heavy atom. The van der Waals surface area contributed by atoms with Crippen molar-refractivity contribution in [3.05, 3.63) is 35.4 Å². The van der Waals surface area contributed by atoms with Crippen LogP contribution in [-0.4, -0.2) is 18.1 Å². The second-order valence-corrected chi connectivity index (χ2v) is 3.96. The van der Waals surface area contributed by atoms with E-state index < -0.39 is 41.4 Å². The smallest absolute Gasteiger partial charge is 0.293 e. The molecule has 1 aromatic carbocycles. The highest BCUT2D eigenvalue weighted by Crippen LogP contribution is 2.41. The zero-order valence-corrected chi connectivity index (χ0v) is 9.70. The fraction of sp³-hybridized carbons (Fsp3) is 0.364. The van der Waals surface area contributed by atoms with Gasteiger partial charge in [0.2, 0.25) is 5.92 Å². The summed E-state index contributed by atoms with van der Waals surface area (Å²) in [5.41, 5.74) is -2.41. The average Bonchev–Trinajstić information content (AvgIpc) is 2.24. The molecule has 0 saturated carbocycles. The molecule has 0 atom stereocenters. The van der Waals surface area contributed by atoms with Gasteiger partial charge < -0.3 is 0 Å². The van der Waals surface area contributed by atoms with Gasteiger partial charge in [-0.1, -0.05) is 12.1 Å². The van der Waals surface area contributed by atoms with E-state index in [-0.39, 0.29) is 24.3 Å². The molecule has 10 heteroatoms. The quantitative estimate of drug-likeness (QED) is 0.573. The van der Waals surface area contributed by atoms with Crippen LogP contribution in [0.5, 0.6) is 0 Å². The zero-order chi connectivity index (χ0) is 16.6. The second-order valence-electron chi connectivity index (χ2n) is 3.96. The fourth-order valence-corrected chi connectivity index (χ4v) is 1.47. The third-order valence-corrected chi connectivity index (χ3v) is 2.41. The highest BCUT2D eigenvalue weighted by atomic mass is 19.4. The summed E-state index contributed by atoms with van der Waals surface area (Å²) in [5, 5.41) is 0. The van der Waals surface area contributed by atoms with Crippen LogP contribution in [0.1, 0.15) is 15.9 Å². The van der Waals surface area contributed by atoms with Crippen LogP contribution in [0.25, 0.3) is 0 Å². The predicted octanol–water partition coefficient (Wildman–Crippen LogP) is 4.63. The Labute approximate surface area is 111 Å². The Morgan fingerprint density at radius 3 is 1.43 bits per heavy atom. The van der Waals surface area contributed by atoms with E-state index in [2.05, 4.69) is 0 Å². The van der Waals surface area contributed by atoms with Gasteiger partial charge in [0.25, 0.3) is 0 Å². The molecule has 0 bridgehead atoms. The molecule has 0 aliphatic heterocycles. The Balaban J connectivity index is 3.17. The predicted molar refractivity (Wildman–Crippen MR) is 51.4 cm³/mol. The van der Waals surface area contributed by atoms with Crippen molar-refractivity contribution in [1.82, 2.24) is 0 Å². The van der Waals surface area contributed by atoms with E-state index in [1.54, 1.807) is 0 Å². The van der Waals surface area contributed by atoms with Gasteiger partial charge in [0.05, 0.1) is 5.56 Å². The molecule has 118 valence electrons. The molecule has 1 aromatic rings. The molecule has 0 unspecified atom stereocenters. The van der Waals surface area contributed by atoms with Crippen LogP contribution in [0, 0.1) is 5.92 Å². The van der Waals surface area contributed by atoms with Gasteiger partial charge in [0.1, 0.15) is 0 Å². The van der Waals surface area contributed by atoms with Gasteiger partial charge in [-0.3, -0.25) is 4.79 Å². The van der Waals surface area contributed by atoms with Gasteiger partial charge in [-0.2, -0.15) is 39.5 Å². The van der Waals surface area contributed by atoms with Crippen molar-refractivity contribution in [2.75, 3.05) is 0 Å². The normalized spacial score (nSPS) is 13.6. The number of Topliss-reactive ketones (excluding diaryl/α,β-unsaturated/α-hetero) is 1. The molecule has 0 radical (unpaired) electrons. The van der Waals surface area contributed by atoms with E-state index in [1.165, 1.54) is 0 Å². The molecular formula is C11H5F9O. The Kier molecular flexibility index (Phi) is 4.31. The van der Waals surface area contributed by atoms with Crippen molar-refractivity contribution >= 4 is 5.78 Å². The van der Waals surface area contributed by atoms with Crippen molar-refractivity contribution in [3.63, 3.8) is 0 Å². The van der Waals surface area contributed by atoms with E-state index in [4.69, 9.17) is 0 Å². The molecular weight excluding hydrogens is 319 g/mol. The first-order valence-electron chi connectivity index (χ1n) is 5.09. The molecule has 1 nitrogen and oxygen atoms in total. The Morgan fingerprint density at radius 2 is 1.14 bits per heavy atom. The number of rotatable bonds is 2. The van der Waals surface area contributed by atoms with Crippen molar-refractivity contribution in [1.29, 1.82) is 0 Å². The number of alkyl halides is 9. The Hall–Kier alpha value is -1.74. The van der Waals surface area contributed by atoms with Gasteiger partial charge in [-0.25, -0.2) is 0 Å². The highest BCUT2D eigenvalue weighted by molar-refractivity contribution is 5.98. The van der Waals surface area contributed by atoms with Crippen LogP contribution in [0.2, 0.25) is 0 Å². The van der Waals surface area contributed by atoms with Gasteiger partial charge in [-0.15, -0.1) is 0 Å². The number of hydrogen-bond acceptors (Lipinski definition) is 1. The van der Waals surface area contributed by atoms with Gasteiger partial charge in [0.15, 0.2) is 5.78 Å². The monoisotopic (exact) mass is 324 g/mol. The van der Waals surface area contributed by atoms with Crippen LogP contribution in [0.3, 0.4) is 0 Å². The maximum Gasteiger partial charge on any atom is 0.416 e. The maximum atomic E-state index is 12.3. The number of hydrogen-bond donors (Lipinski definition) is 0. The number of ketones is 1. The standard InChI is InChI=1S/C11H5F9O/c12-9(13,14)6-3-1-5(2-4-6)7(21)8(10(15,16)17)11(18,19)20/h1-4,8H. The SMILES string of the molecule is O=C(c1ccc(C(F)(F)F)cc1)C(C(F)(F)F)C(F)(F)F. The summed E-state index contributed by atoms with van der Waals surface area (Å²) >= 11 is 0. The second kappa shape index (κ2) is 5.23. The summed E-state index contributed by atoms with van der Waals surface area (Å²) in [6, 6.07) is 1.01. The van der Waals surface area contributed by atoms with Crippen molar-refractivity contribution in [2.24, 2.45) is 5.92 Å². The van der Waals surface area contributed by atoms with E-state index >= 15 is 0 Å². The molecule has 0 aromatic heterocycles. The Bertz CT molecular complexity index is 492. The minimum atomic E-state index is -5.89. The molecule has 1 rings (SSSR count). The number of benzene rings is 1. The minimum Gasteiger partial charge on any atom is -0.293 e. The van der Waals surface area contributed by atoms with Crippen LogP contribution in [0.4, 0.5) is 39.5 Å². The lowest BCUT2D eigenvalue weighted by Crippen LogP contribution is -2.42. The fourth-order valence-electron chi connectivity index (χ4n) is 1.47. The first-order chi connectivity index (χ1) is 9.24. The number of carbonyl (C=O) groups is 1. The molecule has 0 fully saturated rings. The zero-order valence-electron chi connectivity index (χ0n) is 9.70. The lowest BCUT2D eigenvalue weighted by atomic mass is 9.95. The summed E-state index contributed by atoms with van der Waals surface area (Å²) in [7, 11) is 0. The molecule has 0 amide bonds. The van der Waals surface area contributed by atoms with E-state index in [0.717, 1.165) is 0 Å². The summed E-state index contributed by atoms with van der Waals surface area (Å²) in [6.45, 7) is 0. The van der Waals surface area contributed by atoms with Crippen molar-refractivity contribution < 1.29 is 44.3 Å². The minimum absolute atomic E-state index is 0.233. The summed E-state index contributed by atoms with van der Waals surface area (Å²) < 4.78 is 110. The van der Waals surface area contributed by atoms with Crippen molar-refractivity contribution in [3.8, 4) is 0 Å². The summed E-state index contributed by atoms with van der Waals surface area (Å²) in [4.78, 5) is 11.3. The molecule has 21 heavy (non-hydrogen) atoms. The van der Waals surface area contributed by atoms with Crippen molar-refractivity contribution in [2.45, 2.75) is 18.5 Å². The lowest BCUT2D eigenvalue weighted by Gasteiger charge is -2.21. The van der Waals surface area contributed by atoms with Crippen LogP contribution < -0.4 is 0 Å². The number of halogens is 9. The lowest BCUT2D eigenvalue weighted by molar-refractivity contribution is -0.264. The molecule has 0 N–H and O–H groups in total. The van der Waals surface area contributed by atoms with Gasteiger partial charge in [0, 0.05) is 5.56 Å². The van der Waals surface area contributed by atoms with Gasteiger partial charge in [-0.05, 0) is 12.1 Å². The molecule has 0 saturated heterocycles. The summed E-state index contributed by atoms with van der Waals surface area (Å²) in [6.07, 6.45) is -16.6. The summed E-state index contributed by atoms with van der Waals surface area (Å²) in [5.74, 6) is -6.63. The molecule has 0 aliphatic carbocycles. The first kappa shape index (κ1) is 17.3. The molecule has 0 spiro atoms. The average molecular weight is 324 g/mol. The highest BCUT2D eigenvalue weighted by Gasteiger charge is 2.60. The van der Waals surface area contributed by atoms with Crippen LogP contribution >= 0.6 is 0 Å². The van der Waals surface area contributed by atoms with E-state index in [1.807, 2.05) is 0 Å². The maximum absolute atomic E-state index is 12.3. The van der Waals surface area contributed by atoms with Crippen LogP contribution in [0.15, 0.2) is 24.3 Å². The van der Waals surface area contributed by atoms with E-state index in [0.29, 0.717) is 0 Å². The topological polar surface area (TPSA) is 17.1 Å². The third kappa shape index (κ3) is 4.11. The first-order valence-corrected chi connectivity index (χ1v) is 5.09. The molecule has 0 aliphatic rings. The third-order valence-electron chi connectivity index (χ3n) is 2.41. The van der Waals surface area contributed by atoms with Gasteiger partial charge >= 0.3 is 18.5 Å². The number of carbonyl (C=O) groups excluding carboxylic acids is 1. The van der Waals surface area contributed by atoms with E-state index in [9.17, 15) is 44.3 Å². The molecule has 0 heterocycles.